The van der Waals surface area contributed by atoms with E-state index in [-0.39, 0.29) is 0 Å². The van der Waals surface area contributed by atoms with Crippen molar-refractivity contribution in [3.8, 4) is 11.3 Å². The maximum Gasteiger partial charge on any atom is 0.185 e. The van der Waals surface area contributed by atoms with Gasteiger partial charge in [-0.05, 0) is 22.9 Å². The molecule has 3 aromatic carbocycles. The summed E-state index contributed by atoms with van der Waals surface area (Å²) in [5, 5.41) is 11.3. The summed E-state index contributed by atoms with van der Waals surface area (Å²) in [6.45, 7) is 0. The van der Waals surface area contributed by atoms with Crippen molar-refractivity contribution in [1.82, 2.24) is 10.5 Å². The Balaban J connectivity index is 1.57. The largest absolute Gasteiger partial charge is 0.354 e. The van der Waals surface area contributed by atoms with Gasteiger partial charge in [-0.1, -0.05) is 65.8 Å². The van der Waals surface area contributed by atoms with Crippen molar-refractivity contribution in [2.75, 3.05) is 0 Å². The van der Waals surface area contributed by atoms with Crippen molar-refractivity contribution in [2.45, 2.75) is 0 Å². The summed E-state index contributed by atoms with van der Waals surface area (Å²) >= 11 is 0. The van der Waals surface area contributed by atoms with Crippen LogP contribution in [0.2, 0.25) is 0 Å². The molecule has 0 N–H and O–H groups in total. The summed E-state index contributed by atoms with van der Waals surface area (Å²) in [5.41, 5.74) is 4.79. The molecule has 0 amide bonds. The summed E-state index contributed by atoms with van der Waals surface area (Å²) < 4.78 is 5.53. The van der Waals surface area contributed by atoms with Gasteiger partial charge in [-0.2, -0.15) is 0 Å². The normalized spacial score (nSPS) is 12.8. The quantitative estimate of drug-likeness (QED) is 0.508. The van der Waals surface area contributed by atoms with Gasteiger partial charge in [0.2, 0.25) is 0 Å². The minimum Gasteiger partial charge on any atom is -0.354 e. The monoisotopic (exact) mass is 309 g/mol. The van der Waals surface area contributed by atoms with Crippen LogP contribution in [0.5, 0.6) is 0 Å². The molecule has 0 fully saturated rings. The molecule has 0 spiro atoms. The fraction of sp³-hybridized carbons (Fsp3) is 0. The van der Waals surface area contributed by atoms with E-state index in [9.17, 15) is 0 Å². The molecular formula is C21H13N2O. The third-order valence-corrected chi connectivity index (χ3v) is 4.30. The Bertz CT molecular complexity index is 1080. The van der Waals surface area contributed by atoms with E-state index in [1.807, 2.05) is 42.5 Å². The van der Waals surface area contributed by atoms with Gasteiger partial charge >= 0.3 is 0 Å². The summed E-state index contributed by atoms with van der Waals surface area (Å²) in [7, 11) is 0. The van der Waals surface area contributed by atoms with Crippen LogP contribution in [0.15, 0.2) is 77.3 Å². The van der Waals surface area contributed by atoms with Crippen molar-refractivity contribution in [1.29, 1.82) is 0 Å². The van der Waals surface area contributed by atoms with Crippen LogP contribution in [0.4, 0.5) is 5.69 Å². The summed E-state index contributed by atoms with van der Waals surface area (Å²) in [5.74, 6) is 0.689. The van der Waals surface area contributed by atoms with Gasteiger partial charge < -0.3 is 4.52 Å². The first-order chi connectivity index (χ1) is 11.9. The molecular weight excluding hydrogens is 296 g/mol. The fourth-order valence-corrected chi connectivity index (χ4v) is 3.10. The van der Waals surface area contributed by atoms with Gasteiger partial charge in [0.05, 0.1) is 5.69 Å². The molecule has 3 nitrogen and oxygen atoms in total. The molecule has 0 saturated heterocycles. The van der Waals surface area contributed by atoms with Crippen LogP contribution in [0.3, 0.4) is 0 Å². The van der Waals surface area contributed by atoms with Crippen molar-refractivity contribution in [3.05, 3.63) is 84.1 Å². The molecule has 1 radical (unpaired) electrons. The second-order valence-corrected chi connectivity index (χ2v) is 5.80. The predicted molar refractivity (Wildman–Crippen MR) is 95.6 cm³/mol. The highest BCUT2D eigenvalue weighted by Gasteiger charge is 2.21. The highest BCUT2D eigenvalue weighted by atomic mass is 16.5. The van der Waals surface area contributed by atoms with E-state index in [1.54, 1.807) is 0 Å². The maximum atomic E-state index is 5.53. The molecule has 0 unspecified atom stereocenters. The van der Waals surface area contributed by atoms with Gasteiger partial charge in [0.25, 0.3) is 0 Å². The zero-order chi connectivity index (χ0) is 15.9. The molecule has 0 saturated carbocycles. The van der Waals surface area contributed by atoms with Gasteiger partial charge in [0.1, 0.15) is 11.4 Å². The Hall–Kier alpha value is -3.33. The van der Waals surface area contributed by atoms with E-state index in [4.69, 9.17) is 9.84 Å². The average Bonchev–Trinajstić information content (AvgIpc) is 3.29. The lowest BCUT2D eigenvalue weighted by molar-refractivity contribution is 0.411. The van der Waals surface area contributed by atoms with Crippen molar-refractivity contribution in [2.24, 2.45) is 0 Å². The minimum atomic E-state index is 0.689. The number of hydrogen-bond donors (Lipinski definition) is 0. The average molecular weight is 309 g/mol. The van der Waals surface area contributed by atoms with E-state index in [0.29, 0.717) is 5.76 Å². The number of rotatable bonds is 2. The van der Waals surface area contributed by atoms with Crippen LogP contribution in [-0.4, -0.2) is 5.16 Å². The molecule has 24 heavy (non-hydrogen) atoms. The molecule has 0 bridgehead atoms. The van der Waals surface area contributed by atoms with Crippen molar-refractivity contribution >= 4 is 28.2 Å². The standard InChI is InChI=1S/C21H13N2O/c1-2-7-15(8-3-1)19-13-21(24-23-19)20-12-17-16-9-5-4-6-14(16)10-11-18(17)22-20/h1-13H. The smallest absolute Gasteiger partial charge is 0.185 e. The molecule has 5 rings (SSSR count). The van der Waals surface area contributed by atoms with E-state index in [2.05, 4.69) is 41.6 Å². The van der Waals surface area contributed by atoms with Gasteiger partial charge in [-0.3, -0.25) is 0 Å². The highest BCUT2D eigenvalue weighted by Crippen LogP contribution is 2.37. The fourth-order valence-electron chi connectivity index (χ4n) is 3.10. The Labute approximate surface area is 139 Å². The molecule has 1 aromatic heterocycles. The zero-order valence-electron chi connectivity index (χ0n) is 12.8. The Morgan fingerprint density at radius 3 is 2.54 bits per heavy atom. The number of nitrogens with zero attached hydrogens (tertiary/aromatic N) is 2. The predicted octanol–water partition coefficient (Wildman–Crippen LogP) is 5.24. The van der Waals surface area contributed by atoms with Gasteiger partial charge in [-0.15, -0.1) is 0 Å². The lowest BCUT2D eigenvalue weighted by Gasteiger charge is -2.02. The first-order valence-electron chi connectivity index (χ1n) is 7.86. The SMILES string of the molecule is C1=C(c2cc(-c3ccccc3)no2)[N]c2ccc3ccccc3c21. The van der Waals surface area contributed by atoms with Crippen molar-refractivity contribution < 1.29 is 4.52 Å². The molecule has 0 aliphatic carbocycles. The van der Waals surface area contributed by atoms with E-state index >= 15 is 0 Å². The minimum absolute atomic E-state index is 0.689. The Morgan fingerprint density at radius 2 is 1.62 bits per heavy atom. The number of aromatic nitrogens is 1. The first-order valence-corrected chi connectivity index (χ1v) is 7.86. The second kappa shape index (κ2) is 5.10. The van der Waals surface area contributed by atoms with Crippen molar-refractivity contribution in [3.63, 3.8) is 0 Å². The van der Waals surface area contributed by atoms with Crippen LogP contribution >= 0.6 is 0 Å². The van der Waals surface area contributed by atoms with Gasteiger partial charge in [0, 0.05) is 17.2 Å². The van der Waals surface area contributed by atoms with Crippen LogP contribution in [-0.2, 0) is 0 Å². The van der Waals surface area contributed by atoms with Gasteiger partial charge in [-0.25, -0.2) is 5.32 Å². The molecule has 1 aliphatic heterocycles. The third-order valence-electron chi connectivity index (χ3n) is 4.30. The van der Waals surface area contributed by atoms with Gasteiger partial charge in [0.15, 0.2) is 5.76 Å². The summed E-state index contributed by atoms with van der Waals surface area (Å²) in [6.07, 6.45) is 2.08. The maximum absolute atomic E-state index is 5.53. The molecule has 0 atom stereocenters. The summed E-state index contributed by atoms with van der Waals surface area (Å²) in [4.78, 5) is 0. The van der Waals surface area contributed by atoms with Crippen LogP contribution < -0.4 is 5.32 Å². The molecule has 113 valence electrons. The molecule has 2 heterocycles. The number of benzene rings is 3. The Morgan fingerprint density at radius 1 is 0.792 bits per heavy atom. The number of hydrogen-bond acceptors (Lipinski definition) is 2. The summed E-state index contributed by atoms with van der Waals surface area (Å²) in [6, 6.07) is 24.4. The second-order valence-electron chi connectivity index (χ2n) is 5.80. The van der Waals surface area contributed by atoms with E-state index in [1.165, 1.54) is 10.8 Å². The highest BCUT2D eigenvalue weighted by molar-refractivity contribution is 6.03. The van der Waals surface area contributed by atoms with Crippen LogP contribution in [0.25, 0.3) is 33.8 Å². The molecule has 1 aliphatic rings. The number of fused-ring (bicyclic) bond motifs is 3. The first kappa shape index (κ1) is 13.1. The lowest BCUT2D eigenvalue weighted by atomic mass is 10.0. The van der Waals surface area contributed by atoms with E-state index < -0.39 is 0 Å². The molecule has 3 heteroatoms. The topological polar surface area (TPSA) is 40.1 Å². The Kier molecular flexibility index (Phi) is 2.79. The van der Waals surface area contributed by atoms with Crippen LogP contribution in [0, 0.1) is 0 Å². The zero-order valence-corrected chi connectivity index (χ0v) is 12.8. The van der Waals surface area contributed by atoms with E-state index in [0.717, 1.165) is 28.2 Å². The van der Waals surface area contributed by atoms with Crippen LogP contribution in [0.1, 0.15) is 11.3 Å². The third kappa shape index (κ3) is 2.02. The molecule has 4 aromatic rings. The lowest BCUT2D eigenvalue weighted by Crippen LogP contribution is -1.90.